The highest BCUT2D eigenvalue weighted by molar-refractivity contribution is 6.00. The number of carbonyl (C=O) groups is 1. The van der Waals surface area contributed by atoms with Crippen LogP contribution >= 0.6 is 0 Å². The second kappa shape index (κ2) is 8.68. The quantitative estimate of drug-likeness (QED) is 0.471. The lowest BCUT2D eigenvalue weighted by Crippen LogP contribution is -2.31. The average molecular weight is 429 g/mol. The van der Waals surface area contributed by atoms with Crippen LogP contribution in [0.2, 0.25) is 0 Å². The Labute approximate surface area is 185 Å². The van der Waals surface area contributed by atoms with E-state index in [-0.39, 0.29) is 6.03 Å². The van der Waals surface area contributed by atoms with Crippen molar-refractivity contribution < 1.29 is 13.7 Å². The summed E-state index contributed by atoms with van der Waals surface area (Å²) in [5.74, 6) is 1.09. The number of carbonyl (C=O) groups excluding carboxylic acids is 1. The first kappa shape index (κ1) is 20.0. The zero-order valence-electron chi connectivity index (χ0n) is 17.7. The van der Waals surface area contributed by atoms with Crippen LogP contribution < -0.4 is 10.6 Å². The molecule has 8 nitrogen and oxygen atoms in total. The molecule has 1 aliphatic rings. The summed E-state index contributed by atoms with van der Waals surface area (Å²) in [6.45, 7) is 4.19. The Bertz CT molecular complexity index is 1210. The van der Waals surface area contributed by atoms with E-state index in [4.69, 9.17) is 8.94 Å². The van der Waals surface area contributed by atoms with E-state index in [2.05, 4.69) is 31.7 Å². The second-order valence-corrected chi connectivity index (χ2v) is 7.88. The molecule has 0 bridgehead atoms. The fourth-order valence-electron chi connectivity index (χ4n) is 3.86. The molecule has 0 radical (unpaired) electrons. The van der Waals surface area contributed by atoms with Crippen molar-refractivity contribution in [3.8, 4) is 11.5 Å². The number of amides is 2. The maximum atomic E-state index is 12.5. The smallest absolute Gasteiger partial charge is 0.323 e. The lowest BCUT2D eigenvalue weighted by molar-refractivity contribution is 0.236. The van der Waals surface area contributed by atoms with Crippen LogP contribution in [0, 0.1) is 6.92 Å². The largest absolute Gasteiger partial charge is 0.472 e. The van der Waals surface area contributed by atoms with Gasteiger partial charge in [0.15, 0.2) is 5.82 Å². The summed E-state index contributed by atoms with van der Waals surface area (Å²) in [5, 5.41) is 9.97. The summed E-state index contributed by atoms with van der Waals surface area (Å²) in [6.07, 6.45) is 3.98. The molecule has 162 valence electrons. The molecule has 2 aromatic carbocycles. The number of furan rings is 1. The third-order valence-corrected chi connectivity index (χ3v) is 5.50. The number of benzene rings is 2. The maximum Gasteiger partial charge on any atom is 0.323 e. The van der Waals surface area contributed by atoms with E-state index in [9.17, 15) is 4.79 Å². The molecule has 0 aliphatic carbocycles. The number of urea groups is 1. The molecule has 8 heteroatoms. The average Bonchev–Trinajstić information content (AvgIpc) is 3.47. The summed E-state index contributed by atoms with van der Waals surface area (Å²) >= 11 is 0. The third kappa shape index (κ3) is 4.40. The molecule has 32 heavy (non-hydrogen) atoms. The molecule has 4 aromatic rings. The highest BCUT2D eigenvalue weighted by atomic mass is 16.5. The highest BCUT2D eigenvalue weighted by Gasteiger charge is 2.21. The molecule has 0 saturated carbocycles. The van der Waals surface area contributed by atoms with Crippen LogP contribution in [0.5, 0.6) is 0 Å². The first-order chi connectivity index (χ1) is 15.6. The van der Waals surface area contributed by atoms with E-state index < -0.39 is 0 Å². The van der Waals surface area contributed by atoms with Gasteiger partial charge in [-0.3, -0.25) is 4.90 Å². The predicted molar refractivity (Wildman–Crippen MR) is 120 cm³/mol. The number of hydrogen-bond donors (Lipinski definition) is 2. The Morgan fingerprint density at radius 3 is 2.81 bits per heavy atom. The Morgan fingerprint density at radius 1 is 1.12 bits per heavy atom. The molecular weight excluding hydrogens is 406 g/mol. The molecule has 0 saturated heterocycles. The van der Waals surface area contributed by atoms with Gasteiger partial charge in [0.05, 0.1) is 18.4 Å². The number of aryl methyl sites for hydroxylation is 1. The molecule has 0 spiro atoms. The number of nitrogens with one attached hydrogen (secondary N) is 2. The van der Waals surface area contributed by atoms with Gasteiger partial charge in [0.1, 0.15) is 6.26 Å². The van der Waals surface area contributed by atoms with Crippen molar-refractivity contribution in [3.63, 3.8) is 0 Å². The van der Waals surface area contributed by atoms with Gasteiger partial charge in [-0.15, -0.1) is 0 Å². The summed E-state index contributed by atoms with van der Waals surface area (Å²) in [7, 11) is 0. The standard InChI is InChI=1S/C24H23N5O3/c1-16-5-7-19(8-6-16)25-24(30)26-21-4-2-3-17-13-29(11-9-20(17)21)14-22-27-23(32-28-22)18-10-12-31-15-18/h2-8,10,12,15H,9,11,13-14H2,1H3,(H2,25,26,30). The van der Waals surface area contributed by atoms with Gasteiger partial charge in [0.25, 0.3) is 5.89 Å². The highest BCUT2D eigenvalue weighted by Crippen LogP contribution is 2.27. The molecule has 1 aliphatic heterocycles. The Kier molecular flexibility index (Phi) is 5.43. The molecule has 0 atom stereocenters. The van der Waals surface area contributed by atoms with Crippen molar-refractivity contribution in [2.24, 2.45) is 0 Å². The zero-order chi connectivity index (χ0) is 21.9. The monoisotopic (exact) mass is 429 g/mol. The van der Waals surface area contributed by atoms with Crippen molar-refractivity contribution in [2.75, 3.05) is 17.2 Å². The van der Waals surface area contributed by atoms with Crippen LogP contribution in [0.3, 0.4) is 0 Å². The van der Waals surface area contributed by atoms with Gasteiger partial charge in [0.2, 0.25) is 0 Å². The molecule has 2 amide bonds. The van der Waals surface area contributed by atoms with Crippen molar-refractivity contribution in [1.29, 1.82) is 0 Å². The van der Waals surface area contributed by atoms with E-state index in [0.717, 1.165) is 47.6 Å². The van der Waals surface area contributed by atoms with Crippen molar-refractivity contribution in [2.45, 2.75) is 26.4 Å². The maximum absolute atomic E-state index is 12.5. The fraction of sp³-hybridized carbons (Fsp3) is 0.208. The normalized spacial score (nSPS) is 13.5. The van der Waals surface area contributed by atoms with E-state index >= 15 is 0 Å². The molecule has 0 fully saturated rings. The van der Waals surface area contributed by atoms with Crippen LogP contribution in [-0.4, -0.2) is 27.6 Å². The molecule has 2 N–H and O–H groups in total. The van der Waals surface area contributed by atoms with Gasteiger partial charge < -0.3 is 19.6 Å². The van der Waals surface area contributed by atoms with Gasteiger partial charge >= 0.3 is 6.03 Å². The number of anilines is 2. The molecule has 0 unspecified atom stereocenters. The lowest BCUT2D eigenvalue weighted by atomic mass is 9.97. The number of rotatable bonds is 5. The van der Waals surface area contributed by atoms with Gasteiger partial charge in [-0.05, 0) is 48.7 Å². The SMILES string of the molecule is Cc1ccc(NC(=O)Nc2cccc3c2CCN(Cc2noc(-c4ccoc4)n2)C3)cc1. The summed E-state index contributed by atoms with van der Waals surface area (Å²) < 4.78 is 10.4. The van der Waals surface area contributed by atoms with E-state index in [1.165, 1.54) is 5.56 Å². The lowest BCUT2D eigenvalue weighted by Gasteiger charge is -2.29. The Morgan fingerprint density at radius 2 is 2.00 bits per heavy atom. The summed E-state index contributed by atoms with van der Waals surface area (Å²) in [6, 6.07) is 15.3. The van der Waals surface area contributed by atoms with Crippen molar-refractivity contribution in [1.82, 2.24) is 15.0 Å². The minimum absolute atomic E-state index is 0.247. The van der Waals surface area contributed by atoms with Crippen LogP contribution in [0.4, 0.5) is 16.2 Å². The summed E-state index contributed by atoms with van der Waals surface area (Å²) in [4.78, 5) is 19.2. The van der Waals surface area contributed by atoms with E-state index in [1.54, 1.807) is 18.6 Å². The Balaban J connectivity index is 1.23. The molecule has 5 rings (SSSR count). The summed E-state index contributed by atoms with van der Waals surface area (Å²) in [5.41, 5.74) is 5.87. The molecular formula is C24H23N5O3. The van der Waals surface area contributed by atoms with Gasteiger partial charge in [0, 0.05) is 24.5 Å². The first-order valence-electron chi connectivity index (χ1n) is 10.5. The van der Waals surface area contributed by atoms with Crippen LogP contribution in [0.25, 0.3) is 11.5 Å². The van der Waals surface area contributed by atoms with Gasteiger partial charge in [-0.25, -0.2) is 4.79 Å². The number of hydrogen-bond acceptors (Lipinski definition) is 6. The van der Waals surface area contributed by atoms with Crippen LogP contribution in [-0.2, 0) is 19.5 Å². The first-order valence-corrected chi connectivity index (χ1v) is 10.5. The van der Waals surface area contributed by atoms with Crippen molar-refractivity contribution >= 4 is 17.4 Å². The second-order valence-electron chi connectivity index (χ2n) is 7.88. The molecule has 3 heterocycles. The van der Waals surface area contributed by atoms with Gasteiger partial charge in [-0.2, -0.15) is 4.98 Å². The minimum atomic E-state index is -0.247. The van der Waals surface area contributed by atoms with E-state index in [0.29, 0.717) is 18.3 Å². The predicted octanol–water partition coefficient (Wildman–Crippen LogP) is 4.84. The third-order valence-electron chi connectivity index (χ3n) is 5.50. The number of nitrogens with zero attached hydrogens (tertiary/aromatic N) is 3. The molecule has 2 aromatic heterocycles. The van der Waals surface area contributed by atoms with Crippen LogP contribution in [0.1, 0.15) is 22.5 Å². The number of aromatic nitrogens is 2. The van der Waals surface area contributed by atoms with Gasteiger partial charge in [-0.1, -0.05) is 35.0 Å². The Hall–Kier alpha value is -3.91. The zero-order valence-corrected chi connectivity index (χ0v) is 17.7. The fourth-order valence-corrected chi connectivity index (χ4v) is 3.86. The minimum Gasteiger partial charge on any atom is -0.472 e. The van der Waals surface area contributed by atoms with Crippen LogP contribution in [0.15, 0.2) is 70.0 Å². The topological polar surface area (TPSA) is 96.4 Å². The number of fused-ring (bicyclic) bond motifs is 1. The van der Waals surface area contributed by atoms with Crippen molar-refractivity contribution in [3.05, 3.63) is 83.6 Å². The van der Waals surface area contributed by atoms with E-state index in [1.807, 2.05) is 43.3 Å².